The summed E-state index contributed by atoms with van der Waals surface area (Å²) in [6.07, 6.45) is -1.35. The fraction of sp³-hybridized carbons (Fsp3) is 0.654. The smallest absolute Gasteiger partial charge is 0.291 e. The first-order chi connectivity index (χ1) is 19.4. The molecule has 2 heterocycles. The van der Waals surface area contributed by atoms with Crippen LogP contribution >= 0.6 is 22.9 Å². The summed E-state index contributed by atoms with van der Waals surface area (Å²) < 4.78 is 69.6. The topological polar surface area (TPSA) is 99.4 Å². The molecule has 234 valence electrons. The lowest BCUT2D eigenvalue weighted by molar-refractivity contribution is 0.0591. The Hall–Kier alpha value is -1.34. The van der Waals surface area contributed by atoms with Crippen LogP contribution in [0.3, 0.4) is 0 Å². The van der Waals surface area contributed by atoms with Crippen LogP contribution in [0.5, 0.6) is 0 Å². The lowest BCUT2D eigenvalue weighted by atomic mass is 10.2. The minimum Gasteiger partial charge on any atom is -0.365 e. The SMILES string of the molecule is CC1(N(COCC[Si](C)(C)C)S(=O)(=O)c2cc(Cl)c3c(c2)c(-c2nnc(C(F)F)s2)nn3COCC[Si](C)(C)C)CC1. The number of alkyl halides is 2. The van der Waals surface area contributed by atoms with Crippen molar-refractivity contribution < 1.29 is 26.7 Å². The summed E-state index contributed by atoms with van der Waals surface area (Å²) in [5.41, 5.74) is 0.0999. The van der Waals surface area contributed by atoms with Gasteiger partial charge in [0.1, 0.15) is 19.2 Å². The fourth-order valence-corrected chi connectivity index (χ4v) is 8.55. The number of nitrogens with zero attached hydrogens (tertiary/aromatic N) is 5. The molecule has 0 unspecified atom stereocenters. The molecule has 9 nitrogen and oxygen atoms in total. The van der Waals surface area contributed by atoms with Crippen LogP contribution in [0.4, 0.5) is 8.78 Å². The van der Waals surface area contributed by atoms with Gasteiger partial charge in [0.05, 0.1) is 15.4 Å². The third-order valence-electron chi connectivity index (χ3n) is 7.18. The molecule has 1 saturated carbocycles. The Balaban J connectivity index is 1.73. The molecule has 0 aliphatic heterocycles. The van der Waals surface area contributed by atoms with Crippen LogP contribution < -0.4 is 0 Å². The van der Waals surface area contributed by atoms with Crippen molar-refractivity contribution in [2.24, 2.45) is 0 Å². The second-order valence-corrected chi connectivity index (χ2v) is 28.0. The number of rotatable bonds is 15. The highest BCUT2D eigenvalue weighted by molar-refractivity contribution is 7.89. The van der Waals surface area contributed by atoms with Gasteiger partial charge < -0.3 is 9.47 Å². The molecule has 4 rings (SSSR count). The minimum atomic E-state index is -4.04. The Kier molecular flexibility index (Phi) is 10.0. The molecule has 0 spiro atoms. The lowest BCUT2D eigenvalue weighted by Gasteiger charge is -2.28. The predicted molar refractivity (Wildman–Crippen MR) is 168 cm³/mol. The van der Waals surface area contributed by atoms with Crippen LogP contribution in [-0.4, -0.2) is 74.3 Å². The molecule has 0 saturated heterocycles. The van der Waals surface area contributed by atoms with E-state index in [-0.39, 0.29) is 34.1 Å². The summed E-state index contributed by atoms with van der Waals surface area (Å²) in [6, 6.07) is 4.76. The van der Waals surface area contributed by atoms with E-state index in [0.29, 0.717) is 35.5 Å². The van der Waals surface area contributed by atoms with E-state index >= 15 is 0 Å². The van der Waals surface area contributed by atoms with Crippen molar-refractivity contribution in [2.75, 3.05) is 19.9 Å². The van der Waals surface area contributed by atoms with E-state index < -0.39 is 43.1 Å². The molecular weight excluding hydrogens is 640 g/mol. The zero-order valence-electron chi connectivity index (χ0n) is 25.2. The number of aromatic nitrogens is 4. The van der Waals surface area contributed by atoms with Crippen molar-refractivity contribution in [2.45, 2.75) is 94.7 Å². The molecule has 0 radical (unpaired) electrons. The first-order valence-corrected chi connectivity index (χ1v) is 24.0. The van der Waals surface area contributed by atoms with Crippen molar-refractivity contribution in [1.29, 1.82) is 0 Å². The van der Waals surface area contributed by atoms with Gasteiger partial charge in [-0.2, -0.15) is 9.40 Å². The van der Waals surface area contributed by atoms with Crippen LogP contribution in [0.2, 0.25) is 56.4 Å². The van der Waals surface area contributed by atoms with E-state index in [1.807, 2.05) is 6.92 Å². The summed E-state index contributed by atoms with van der Waals surface area (Å²) in [4.78, 5) is -0.0269. The van der Waals surface area contributed by atoms with Crippen LogP contribution in [0.1, 0.15) is 31.2 Å². The second kappa shape index (κ2) is 12.6. The van der Waals surface area contributed by atoms with Crippen LogP contribution in [-0.2, 0) is 26.2 Å². The fourth-order valence-electron chi connectivity index (χ4n) is 4.19. The summed E-state index contributed by atoms with van der Waals surface area (Å²) in [5.74, 6) is 0. The largest absolute Gasteiger partial charge is 0.365 e. The highest BCUT2D eigenvalue weighted by Crippen LogP contribution is 2.45. The molecule has 1 aromatic carbocycles. The normalized spacial score (nSPS) is 15.8. The van der Waals surface area contributed by atoms with E-state index in [9.17, 15) is 17.2 Å². The molecule has 0 atom stereocenters. The van der Waals surface area contributed by atoms with E-state index in [4.69, 9.17) is 21.1 Å². The number of halogens is 3. The van der Waals surface area contributed by atoms with Crippen LogP contribution in [0, 0.1) is 0 Å². The summed E-state index contributed by atoms with van der Waals surface area (Å²) >= 11 is 7.46. The van der Waals surface area contributed by atoms with Crippen LogP contribution in [0.25, 0.3) is 21.6 Å². The molecule has 2 aromatic heterocycles. The Morgan fingerprint density at radius 3 is 2.24 bits per heavy atom. The number of sulfonamides is 1. The van der Waals surface area contributed by atoms with Gasteiger partial charge in [-0.15, -0.1) is 10.2 Å². The monoisotopic (exact) mass is 679 g/mol. The molecular formula is C26H40ClF2N5O4S2Si2. The lowest BCUT2D eigenvalue weighted by Crippen LogP contribution is -2.42. The molecule has 0 bridgehead atoms. The average Bonchev–Trinajstić information content (AvgIpc) is 3.25. The summed E-state index contributed by atoms with van der Waals surface area (Å²) in [5, 5.41) is 12.3. The molecule has 3 aromatic rings. The number of hydrogen-bond acceptors (Lipinski definition) is 8. The first kappa shape index (κ1) is 33.6. The van der Waals surface area contributed by atoms with Crippen molar-refractivity contribution in [3.05, 3.63) is 22.2 Å². The minimum absolute atomic E-state index is 0.0269. The molecule has 0 amide bonds. The van der Waals surface area contributed by atoms with Gasteiger partial charge in [-0.3, -0.25) is 0 Å². The predicted octanol–water partition coefficient (Wildman–Crippen LogP) is 7.31. The molecule has 1 aliphatic carbocycles. The number of benzene rings is 1. The van der Waals surface area contributed by atoms with Gasteiger partial charge in [0.15, 0.2) is 10.0 Å². The van der Waals surface area contributed by atoms with Gasteiger partial charge in [-0.05, 0) is 44.0 Å². The van der Waals surface area contributed by atoms with Crippen LogP contribution in [0.15, 0.2) is 17.0 Å². The number of fused-ring (bicyclic) bond motifs is 1. The third kappa shape index (κ3) is 8.03. The molecule has 1 fully saturated rings. The van der Waals surface area contributed by atoms with Gasteiger partial charge in [-0.1, -0.05) is 62.2 Å². The zero-order chi connectivity index (χ0) is 31.1. The van der Waals surface area contributed by atoms with E-state index in [2.05, 4.69) is 54.6 Å². The third-order valence-corrected chi connectivity index (χ3v) is 13.8. The van der Waals surface area contributed by atoms with Gasteiger partial charge >= 0.3 is 0 Å². The number of ether oxygens (including phenoxy) is 2. The van der Waals surface area contributed by atoms with Crippen molar-refractivity contribution in [3.63, 3.8) is 0 Å². The van der Waals surface area contributed by atoms with E-state index in [1.165, 1.54) is 21.1 Å². The standard InChI is InChI=1S/C26H40ClF2N5O4S2Si2/c1-26(8-9-26)34(17-38-11-13-42(5,6)7)40(35,36)18-14-19-21(24-30-31-25(39-24)23(28)29)32-33(22(19)20(27)15-18)16-37-10-12-41(2,3)4/h14-15,23H,8-13,16-17H2,1-7H3. The van der Waals surface area contributed by atoms with Crippen molar-refractivity contribution >= 4 is 60.0 Å². The molecule has 42 heavy (non-hydrogen) atoms. The maximum Gasteiger partial charge on any atom is 0.291 e. The molecule has 16 heteroatoms. The Morgan fingerprint density at radius 1 is 1.07 bits per heavy atom. The van der Waals surface area contributed by atoms with Gasteiger partial charge in [-0.25, -0.2) is 21.9 Å². The second-order valence-electron chi connectivity index (χ2n) is 13.4. The summed E-state index contributed by atoms with van der Waals surface area (Å²) in [7, 11) is -6.73. The number of hydrogen-bond donors (Lipinski definition) is 0. The molecule has 0 N–H and O–H groups in total. The highest BCUT2D eigenvalue weighted by Gasteiger charge is 2.49. The zero-order valence-corrected chi connectivity index (χ0v) is 29.6. The maximum absolute atomic E-state index is 14.1. The average molecular weight is 680 g/mol. The quantitative estimate of drug-likeness (QED) is 0.0943. The van der Waals surface area contributed by atoms with E-state index in [0.717, 1.165) is 24.9 Å². The van der Waals surface area contributed by atoms with Gasteiger partial charge in [0.2, 0.25) is 10.0 Å². The summed E-state index contributed by atoms with van der Waals surface area (Å²) in [6.45, 7) is 16.4. The Labute approximate surface area is 257 Å². The highest BCUT2D eigenvalue weighted by atomic mass is 35.5. The van der Waals surface area contributed by atoms with E-state index in [1.54, 1.807) is 0 Å². The van der Waals surface area contributed by atoms with Gasteiger partial charge in [0, 0.05) is 40.3 Å². The maximum atomic E-state index is 14.1. The van der Waals surface area contributed by atoms with Crippen molar-refractivity contribution in [3.8, 4) is 10.7 Å². The van der Waals surface area contributed by atoms with Gasteiger partial charge in [0.25, 0.3) is 6.43 Å². The van der Waals surface area contributed by atoms with Crippen molar-refractivity contribution in [1.82, 2.24) is 24.3 Å². The first-order valence-electron chi connectivity index (χ1n) is 13.9. The Bertz CT molecular complexity index is 1520. The molecule has 1 aliphatic rings. The Morgan fingerprint density at radius 2 is 1.69 bits per heavy atom.